The number of carbonyl (C=O) groups is 1. The van der Waals surface area contributed by atoms with Crippen LogP contribution in [0.1, 0.15) is 17.5 Å². The van der Waals surface area contributed by atoms with Crippen LogP contribution >= 0.6 is 0 Å². The highest BCUT2D eigenvalue weighted by Gasteiger charge is 2.11. The Morgan fingerprint density at radius 3 is 3.00 bits per heavy atom. The Kier molecular flexibility index (Phi) is 5.07. The third-order valence-electron chi connectivity index (χ3n) is 2.03. The van der Waals surface area contributed by atoms with Gasteiger partial charge in [0.05, 0.1) is 19.4 Å². The second-order valence-electron chi connectivity index (χ2n) is 3.34. The minimum absolute atomic E-state index is 0.000927. The minimum Gasteiger partial charge on any atom is -0.461 e. The fourth-order valence-electron chi connectivity index (χ4n) is 1.20. The smallest absolute Gasteiger partial charge is 0.211 e. The molecule has 84 valence electrons. The Hall–Kier alpha value is -1.13. The number of furan rings is 1. The fraction of sp³-hybridized carbons (Fsp3) is 0.545. The maximum atomic E-state index is 11.6. The van der Waals surface area contributed by atoms with Crippen LogP contribution in [0.15, 0.2) is 22.8 Å². The van der Waals surface area contributed by atoms with E-state index >= 15 is 0 Å². The summed E-state index contributed by atoms with van der Waals surface area (Å²) in [4.78, 5) is 13.5. The van der Waals surface area contributed by atoms with Crippen molar-refractivity contribution in [1.29, 1.82) is 0 Å². The fourth-order valence-corrected chi connectivity index (χ4v) is 1.20. The summed E-state index contributed by atoms with van der Waals surface area (Å²) in [6.07, 6.45) is 1.51. The summed E-state index contributed by atoms with van der Waals surface area (Å²) in [7, 11) is 1.89. The number of Topliss-reactive ketones (excluding diaryl/α,β-unsaturated/α-hetero) is 1. The lowest BCUT2D eigenvalue weighted by Gasteiger charge is -2.14. The topological polar surface area (TPSA) is 42.7 Å². The number of ether oxygens (including phenoxy) is 1. The summed E-state index contributed by atoms with van der Waals surface area (Å²) in [5.41, 5.74) is 0. The summed E-state index contributed by atoms with van der Waals surface area (Å²) in [5, 5.41) is 0. The van der Waals surface area contributed by atoms with Crippen molar-refractivity contribution in [2.24, 2.45) is 0 Å². The second kappa shape index (κ2) is 6.37. The van der Waals surface area contributed by atoms with E-state index in [2.05, 4.69) is 0 Å². The zero-order chi connectivity index (χ0) is 11.1. The first-order chi connectivity index (χ1) is 7.24. The van der Waals surface area contributed by atoms with E-state index in [0.717, 1.165) is 6.54 Å². The molecule has 15 heavy (non-hydrogen) atoms. The summed E-state index contributed by atoms with van der Waals surface area (Å²) >= 11 is 0. The van der Waals surface area contributed by atoms with Gasteiger partial charge in [0, 0.05) is 13.2 Å². The average molecular weight is 211 g/mol. The van der Waals surface area contributed by atoms with Gasteiger partial charge < -0.3 is 9.15 Å². The van der Waals surface area contributed by atoms with Crippen LogP contribution < -0.4 is 0 Å². The van der Waals surface area contributed by atoms with E-state index in [4.69, 9.17) is 9.15 Å². The zero-order valence-electron chi connectivity index (χ0n) is 9.23. The lowest BCUT2D eigenvalue weighted by atomic mass is 10.3. The van der Waals surface area contributed by atoms with Gasteiger partial charge in [0.1, 0.15) is 0 Å². The van der Waals surface area contributed by atoms with Crippen LogP contribution in [0.5, 0.6) is 0 Å². The molecule has 0 saturated heterocycles. The van der Waals surface area contributed by atoms with Crippen molar-refractivity contribution < 1.29 is 13.9 Å². The molecule has 4 nitrogen and oxygen atoms in total. The lowest BCUT2D eigenvalue weighted by molar-refractivity contribution is 0.0872. The molecule has 1 heterocycles. The van der Waals surface area contributed by atoms with Crippen molar-refractivity contribution in [3.8, 4) is 0 Å². The Bertz CT molecular complexity index is 282. The number of carbonyl (C=O) groups excluding carboxylic acids is 1. The van der Waals surface area contributed by atoms with Crippen LogP contribution in [-0.2, 0) is 4.74 Å². The number of rotatable bonds is 7. The average Bonchev–Trinajstić information content (AvgIpc) is 2.70. The predicted molar refractivity (Wildman–Crippen MR) is 57.0 cm³/mol. The molecule has 0 aliphatic rings. The predicted octanol–water partition coefficient (Wildman–Crippen LogP) is 1.43. The van der Waals surface area contributed by atoms with Crippen LogP contribution in [-0.4, -0.2) is 44.0 Å². The molecular weight excluding hydrogens is 194 g/mol. The van der Waals surface area contributed by atoms with Gasteiger partial charge in [-0.15, -0.1) is 0 Å². The van der Waals surface area contributed by atoms with Crippen molar-refractivity contribution in [3.05, 3.63) is 24.2 Å². The lowest BCUT2D eigenvalue weighted by Crippen LogP contribution is -2.29. The normalized spacial score (nSPS) is 10.9. The first-order valence-corrected chi connectivity index (χ1v) is 5.07. The molecule has 0 bridgehead atoms. The molecule has 1 rings (SSSR count). The van der Waals surface area contributed by atoms with Crippen LogP contribution in [0.4, 0.5) is 0 Å². The zero-order valence-corrected chi connectivity index (χ0v) is 9.23. The second-order valence-corrected chi connectivity index (χ2v) is 3.34. The van der Waals surface area contributed by atoms with Gasteiger partial charge in [0.25, 0.3) is 0 Å². The molecule has 0 aliphatic carbocycles. The number of likely N-dealkylation sites (N-methyl/N-ethyl adjacent to an activating group) is 1. The van der Waals surface area contributed by atoms with E-state index in [1.165, 1.54) is 6.26 Å². The first-order valence-electron chi connectivity index (χ1n) is 5.07. The third-order valence-corrected chi connectivity index (χ3v) is 2.03. The number of hydrogen-bond acceptors (Lipinski definition) is 4. The van der Waals surface area contributed by atoms with Crippen molar-refractivity contribution in [2.45, 2.75) is 6.92 Å². The molecule has 0 amide bonds. The molecule has 0 unspecified atom stereocenters. The van der Waals surface area contributed by atoms with Gasteiger partial charge in [-0.25, -0.2) is 0 Å². The molecule has 1 aromatic rings. The van der Waals surface area contributed by atoms with Gasteiger partial charge in [0.2, 0.25) is 5.78 Å². The van der Waals surface area contributed by atoms with Crippen LogP contribution in [0.3, 0.4) is 0 Å². The monoisotopic (exact) mass is 211 g/mol. The van der Waals surface area contributed by atoms with Crippen molar-refractivity contribution >= 4 is 5.78 Å². The van der Waals surface area contributed by atoms with E-state index in [9.17, 15) is 4.79 Å². The number of ketones is 1. The summed E-state index contributed by atoms with van der Waals surface area (Å²) in [5.74, 6) is 0.414. The van der Waals surface area contributed by atoms with Gasteiger partial charge >= 0.3 is 0 Å². The van der Waals surface area contributed by atoms with Crippen LogP contribution in [0, 0.1) is 0 Å². The van der Waals surface area contributed by atoms with Crippen molar-refractivity contribution in [2.75, 3.05) is 33.4 Å². The van der Waals surface area contributed by atoms with Crippen LogP contribution in [0.25, 0.3) is 0 Å². The Morgan fingerprint density at radius 1 is 1.60 bits per heavy atom. The first kappa shape index (κ1) is 11.9. The molecule has 4 heteroatoms. The van der Waals surface area contributed by atoms with Gasteiger partial charge in [-0.1, -0.05) is 0 Å². The van der Waals surface area contributed by atoms with E-state index < -0.39 is 0 Å². The van der Waals surface area contributed by atoms with Gasteiger partial charge in [0.15, 0.2) is 5.76 Å². The van der Waals surface area contributed by atoms with Gasteiger partial charge in [-0.2, -0.15) is 0 Å². The standard InChI is InChI=1S/C11H17NO3/c1-3-14-8-6-12(2)9-10(13)11-5-4-7-15-11/h4-5,7H,3,6,8-9H2,1-2H3. The maximum Gasteiger partial charge on any atom is 0.211 e. The Morgan fingerprint density at radius 2 is 2.40 bits per heavy atom. The van der Waals surface area contributed by atoms with E-state index in [-0.39, 0.29) is 5.78 Å². The van der Waals surface area contributed by atoms with E-state index in [1.807, 2.05) is 18.9 Å². The summed E-state index contributed by atoms with van der Waals surface area (Å²) in [6, 6.07) is 3.39. The molecule has 0 spiro atoms. The Labute approximate surface area is 89.8 Å². The van der Waals surface area contributed by atoms with E-state index in [0.29, 0.717) is 25.5 Å². The molecule has 0 radical (unpaired) electrons. The highest BCUT2D eigenvalue weighted by Crippen LogP contribution is 2.01. The quantitative estimate of drug-likeness (QED) is 0.505. The SMILES string of the molecule is CCOCCN(C)CC(=O)c1ccco1. The minimum atomic E-state index is -0.000927. The van der Waals surface area contributed by atoms with Crippen molar-refractivity contribution in [3.63, 3.8) is 0 Å². The van der Waals surface area contributed by atoms with E-state index in [1.54, 1.807) is 12.1 Å². The third kappa shape index (κ3) is 4.27. The molecule has 0 saturated carbocycles. The number of hydrogen-bond donors (Lipinski definition) is 0. The largest absolute Gasteiger partial charge is 0.461 e. The maximum absolute atomic E-state index is 11.6. The molecular formula is C11H17NO3. The molecule has 0 N–H and O–H groups in total. The highest BCUT2D eigenvalue weighted by atomic mass is 16.5. The molecule has 0 fully saturated rings. The molecule has 1 aromatic heterocycles. The number of nitrogens with zero attached hydrogens (tertiary/aromatic N) is 1. The molecule has 0 atom stereocenters. The summed E-state index contributed by atoms with van der Waals surface area (Å²) < 4.78 is 10.2. The molecule has 0 aliphatic heterocycles. The van der Waals surface area contributed by atoms with Gasteiger partial charge in [-0.05, 0) is 26.1 Å². The highest BCUT2D eigenvalue weighted by molar-refractivity contribution is 5.94. The Balaban J connectivity index is 2.26. The van der Waals surface area contributed by atoms with Gasteiger partial charge in [-0.3, -0.25) is 9.69 Å². The van der Waals surface area contributed by atoms with Crippen LogP contribution in [0.2, 0.25) is 0 Å². The molecule has 0 aromatic carbocycles. The summed E-state index contributed by atoms with van der Waals surface area (Å²) in [6.45, 7) is 4.42. The van der Waals surface area contributed by atoms with Crippen molar-refractivity contribution in [1.82, 2.24) is 4.90 Å².